The van der Waals surface area contributed by atoms with Crippen LogP contribution in [0.25, 0.3) is 11.1 Å². The lowest BCUT2D eigenvalue weighted by atomic mass is 10.1. The number of nitrogens with zero attached hydrogens (tertiary/aromatic N) is 3. The number of furan rings is 1. The summed E-state index contributed by atoms with van der Waals surface area (Å²) in [5.74, 6) is 0.226. The van der Waals surface area contributed by atoms with Crippen LogP contribution in [0.2, 0.25) is 0 Å². The summed E-state index contributed by atoms with van der Waals surface area (Å²) < 4.78 is 52.5. The molecule has 148 valence electrons. The molecule has 29 heavy (non-hydrogen) atoms. The van der Waals surface area contributed by atoms with Gasteiger partial charge in [0.2, 0.25) is 5.09 Å². The third kappa shape index (κ3) is 3.32. The second-order valence-electron chi connectivity index (χ2n) is 6.35. The predicted molar refractivity (Wildman–Crippen MR) is 102 cm³/mol. The molecule has 0 fully saturated rings. The van der Waals surface area contributed by atoms with Gasteiger partial charge in [0.1, 0.15) is 24.2 Å². The zero-order valence-corrected chi connectivity index (χ0v) is 16.2. The zero-order chi connectivity index (χ0) is 20.6. The number of benzene rings is 1. The molecule has 0 N–H and O–H groups in total. The molecule has 0 saturated heterocycles. The van der Waals surface area contributed by atoms with Crippen molar-refractivity contribution in [1.29, 1.82) is 5.26 Å². The molecule has 1 aromatic carbocycles. The standard InChI is InChI=1S/C20H16FN3O4S/c1-2-15-4-6-20(28-15)29(25,26)24-7-8-27-19-5-3-13(10-18(19)24)14-9-16(21)17(11-22)23-12-14/h3-6,9-10,12H,2,7-8H2,1H3. The largest absolute Gasteiger partial charge is 0.489 e. The van der Waals surface area contributed by atoms with Crippen LogP contribution in [0, 0.1) is 17.1 Å². The molecule has 0 unspecified atom stereocenters. The number of pyridine rings is 1. The van der Waals surface area contributed by atoms with E-state index in [-0.39, 0.29) is 23.9 Å². The van der Waals surface area contributed by atoms with Gasteiger partial charge in [0.15, 0.2) is 11.5 Å². The first-order valence-electron chi connectivity index (χ1n) is 8.88. The van der Waals surface area contributed by atoms with Gasteiger partial charge < -0.3 is 9.15 Å². The molecule has 0 aliphatic carbocycles. The van der Waals surface area contributed by atoms with E-state index in [1.807, 2.05) is 6.92 Å². The summed E-state index contributed by atoms with van der Waals surface area (Å²) in [6.45, 7) is 2.18. The fourth-order valence-electron chi connectivity index (χ4n) is 3.10. The zero-order valence-electron chi connectivity index (χ0n) is 15.4. The van der Waals surface area contributed by atoms with Gasteiger partial charge in [-0.25, -0.2) is 9.37 Å². The normalized spacial score (nSPS) is 13.5. The summed E-state index contributed by atoms with van der Waals surface area (Å²) in [5, 5.41) is 8.70. The molecule has 0 amide bonds. The Kier molecular flexibility index (Phi) is 4.72. The first kappa shape index (κ1) is 19.0. The summed E-state index contributed by atoms with van der Waals surface area (Å²) in [5.41, 5.74) is 0.981. The third-order valence-corrected chi connectivity index (χ3v) is 6.28. The summed E-state index contributed by atoms with van der Waals surface area (Å²) in [6, 6.07) is 10.8. The maximum Gasteiger partial charge on any atom is 0.298 e. The number of fused-ring (bicyclic) bond motifs is 1. The molecular weight excluding hydrogens is 397 g/mol. The van der Waals surface area contributed by atoms with Crippen LogP contribution in [0.5, 0.6) is 5.75 Å². The molecular formula is C20H16FN3O4S. The quantitative estimate of drug-likeness (QED) is 0.649. The minimum absolute atomic E-state index is 0.112. The molecule has 3 aromatic rings. The summed E-state index contributed by atoms with van der Waals surface area (Å²) in [7, 11) is -3.93. The second kappa shape index (κ2) is 7.22. The van der Waals surface area contributed by atoms with E-state index in [0.717, 1.165) is 0 Å². The van der Waals surface area contributed by atoms with Gasteiger partial charge in [-0.15, -0.1) is 0 Å². The van der Waals surface area contributed by atoms with Gasteiger partial charge in [0, 0.05) is 18.2 Å². The Hall–Kier alpha value is -3.38. The molecule has 0 atom stereocenters. The van der Waals surface area contributed by atoms with Crippen molar-refractivity contribution in [3.8, 4) is 22.9 Å². The van der Waals surface area contributed by atoms with Crippen LogP contribution in [-0.4, -0.2) is 26.6 Å². The monoisotopic (exact) mass is 413 g/mol. The highest BCUT2D eigenvalue weighted by atomic mass is 32.2. The number of halogens is 1. The number of aromatic nitrogens is 1. The fraction of sp³-hybridized carbons (Fsp3) is 0.200. The van der Waals surface area contributed by atoms with Crippen molar-refractivity contribution in [2.75, 3.05) is 17.5 Å². The van der Waals surface area contributed by atoms with Crippen LogP contribution in [0.4, 0.5) is 10.1 Å². The number of aryl methyl sites for hydroxylation is 1. The fourth-order valence-corrected chi connectivity index (χ4v) is 4.48. The van der Waals surface area contributed by atoms with Gasteiger partial charge in [0.05, 0.1) is 12.2 Å². The predicted octanol–water partition coefficient (Wildman–Crippen LogP) is 3.50. The smallest absolute Gasteiger partial charge is 0.298 e. The van der Waals surface area contributed by atoms with Crippen molar-refractivity contribution >= 4 is 15.7 Å². The minimum Gasteiger partial charge on any atom is -0.489 e. The first-order chi connectivity index (χ1) is 13.9. The Labute approximate surface area is 167 Å². The van der Waals surface area contributed by atoms with Crippen LogP contribution < -0.4 is 9.04 Å². The highest BCUT2D eigenvalue weighted by Gasteiger charge is 2.32. The SMILES string of the molecule is CCc1ccc(S(=O)(=O)N2CCOc3ccc(-c4cnc(C#N)c(F)c4)cc32)o1. The lowest BCUT2D eigenvalue weighted by molar-refractivity contribution is 0.315. The van der Waals surface area contributed by atoms with Gasteiger partial charge >= 0.3 is 0 Å². The van der Waals surface area contributed by atoms with E-state index in [1.165, 1.54) is 22.6 Å². The molecule has 1 aliphatic rings. The molecule has 2 aromatic heterocycles. The van der Waals surface area contributed by atoms with Crippen molar-refractivity contribution in [2.45, 2.75) is 18.4 Å². The van der Waals surface area contributed by atoms with Crippen molar-refractivity contribution in [1.82, 2.24) is 4.98 Å². The molecule has 0 saturated carbocycles. The molecule has 7 nitrogen and oxygen atoms in total. The molecule has 0 bridgehead atoms. The highest BCUT2D eigenvalue weighted by molar-refractivity contribution is 7.92. The molecule has 9 heteroatoms. The first-order valence-corrected chi connectivity index (χ1v) is 10.3. The molecule has 4 rings (SSSR count). The van der Waals surface area contributed by atoms with Gasteiger partial charge in [-0.2, -0.15) is 13.7 Å². The maximum absolute atomic E-state index is 14.0. The maximum atomic E-state index is 14.0. The van der Waals surface area contributed by atoms with Gasteiger partial charge in [-0.1, -0.05) is 13.0 Å². The van der Waals surface area contributed by atoms with E-state index in [9.17, 15) is 12.8 Å². The van der Waals surface area contributed by atoms with Gasteiger partial charge in [-0.3, -0.25) is 4.31 Å². The highest BCUT2D eigenvalue weighted by Crippen LogP contribution is 2.38. The average Bonchev–Trinajstić information content (AvgIpc) is 3.23. The van der Waals surface area contributed by atoms with E-state index in [1.54, 1.807) is 30.3 Å². The molecule has 1 aliphatic heterocycles. The Morgan fingerprint density at radius 1 is 1.24 bits per heavy atom. The lowest BCUT2D eigenvalue weighted by Crippen LogP contribution is -2.37. The number of nitriles is 1. The van der Waals surface area contributed by atoms with Crippen LogP contribution in [0.15, 0.2) is 52.1 Å². The molecule has 3 heterocycles. The molecule has 0 radical (unpaired) electrons. The average molecular weight is 413 g/mol. The number of anilines is 1. The summed E-state index contributed by atoms with van der Waals surface area (Å²) in [6.07, 6.45) is 1.95. The summed E-state index contributed by atoms with van der Waals surface area (Å²) >= 11 is 0. The summed E-state index contributed by atoms with van der Waals surface area (Å²) in [4.78, 5) is 3.80. The Morgan fingerprint density at radius 3 is 2.76 bits per heavy atom. The Balaban J connectivity index is 1.78. The number of rotatable bonds is 4. The second-order valence-corrected chi connectivity index (χ2v) is 8.14. The Morgan fingerprint density at radius 2 is 2.07 bits per heavy atom. The van der Waals surface area contributed by atoms with Crippen molar-refractivity contribution < 1.29 is 22.0 Å². The number of hydrogen-bond acceptors (Lipinski definition) is 6. The Bertz CT molecular complexity index is 1230. The van der Waals surface area contributed by atoms with Crippen LogP contribution >= 0.6 is 0 Å². The topological polar surface area (TPSA) is 96.4 Å². The van der Waals surface area contributed by atoms with E-state index >= 15 is 0 Å². The van der Waals surface area contributed by atoms with Crippen molar-refractivity contribution in [2.24, 2.45) is 0 Å². The van der Waals surface area contributed by atoms with E-state index in [2.05, 4.69) is 4.98 Å². The van der Waals surface area contributed by atoms with Crippen LogP contribution in [0.3, 0.4) is 0 Å². The lowest BCUT2D eigenvalue weighted by Gasteiger charge is -2.30. The minimum atomic E-state index is -3.93. The van der Waals surface area contributed by atoms with Gasteiger partial charge in [0.25, 0.3) is 10.0 Å². The number of ether oxygens (including phenoxy) is 1. The van der Waals surface area contributed by atoms with Crippen molar-refractivity contribution in [3.05, 3.63) is 59.9 Å². The number of hydrogen-bond donors (Lipinski definition) is 0. The van der Waals surface area contributed by atoms with E-state index < -0.39 is 15.8 Å². The van der Waals surface area contributed by atoms with Gasteiger partial charge in [-0.05, 0) is 35.9 Å². The van der Waals surface area contributed by atoms with Crippen molar-refractivity contribution in [3.63, 3.8) is 0 Å². The van der Waals surface area contributed by atoms with E-state index in [4.69, 9.17) is 14.4 Å². The van der Waals surface area contributed by atoms with Crippen LogP contribution in [0.1, 0.15) is 18.4 Å². The number of sulfonamides is 1. The molecule has 0 spiro atoms. The third-order valence-electron chi connectivity index (χ3n) is 4.59. The van der Waals surface area contributed by atoms with E-state index in [0.29, 0.717) is 34.7 Å². The van der Waals surface area contributed by atoms with Crippen LogP contribution in [-0.2, 0) is 16.4 Å².